The van der Waals surface area contributed by atoms with Crippen molar-refractivity contribution in [2.75, 3.05) is 0 Å². The molecule has 0 fully saturated rings. The van der Waals surface area contributed by atoms with Gasteiger partial charge < -0.3 is 13.6 Å². The van der Waals surface area contributed by atoms with Crippen molar-refractivity contribution in [2.45, 2.75) is 34.6 Å². The number of oxazole rings is 1. The first-order chi connectivity index (χ1) is 20.4. The van der Waals surface area contributed by atoms with Crippen LogP contribution in [0.5, 0.6) is 0 Å². The van der Waals surface area contributed by atoms with Gasteiger partial charge in [-0.15, -0.1) is 59.7 Å². The Labute approximate surface area is 265 Å². The van der Waals surface area contributed by atoms with Gasteiger partial charge in [0.2, 0.25) is 0 Å². The van der Waals surface area contributed by atoms with E-state index in [0.717, 1.165) is 39.4 Å². The Hall–Kier alpha value is -4.58. The Kier molecular flexibility index (Phi) is 8.86. The van der Waals surface area contributed by atoms with Gasteiger partial charge in [-0.2, -0.15) is 0 Å². The zero-order chi connectivity index (χ0) is 29.2. The molecule has 0 aliphatic carbocycles. The smallest absolute Gasteiger partial charge is 0.180 e. The van der Waals surface area contributed by atoms with E-state index in [1.54, 1.807) is 0 Å². The predicted molar refractivity (Wildman–Crippen MR) is 167 cm³/mol. The number of benzene rings is 4. The number of hydrogen-bond donors (Lipinski definition) is 0. The van der Waals surface area contributed by atoms with Gasteiger partial charge in [0.15, 0.2) is 5.89 Å². The molecule has 7 aromatic rings. The van der Waals surface area contributed by atoms with Crippen molar-refractivity contribution in [1.82, 2.24) is 24.1 Å². The Morgan fingerprint density at radius 3 is 2.12 bits per heavy atom. The van der Waals surface area contributed by atoms with E-state index < -0.39 is 0 Å². The second kappa shape index (κ2) is 12.7. The number of hydrogen-bond acceptors (Lipinski definition) is 4. The molecule has 3 aromatic heterocycles. The molecule has 0 atom stereocenters. The molecule has 7 heteroatoms. The zero-order valence-corrected chi connectivity index (χ0v) is 27.1. The molecule has 3 heterocycles. The number of para-hydroxylation sites is 2. The molecule has 0 amide bonds. The maximum atomic E-state index is 5.52. The molecule has 0 aliphatic heterocycles. The van der Waals surface area contributed by atoms with Gasteiger partial charge in [0.25, 0.3) is 0 Å². The van der Waals surface area contributed by atoms with Gasteiger partial charge in [-0.05, 0) is 56.1 Å². The molecular formula is C36H31IrN5O-2. The third-order valence-electron chi connectivity index (χ3n) is 7.26. The quantitative estimate of drug-likeness (QED) is 0.170. The third-order valence-corrected chi connectivity index (χ3v) is 7.26. The molecule has 6 nitrogen and oxygen atoms in total. The van der Waals surface area contributed by atoms with Gasteiger partial charge in [0.05, 0.1) is 23.4 Å². The van der Waals surface area contributed by atoms with E-state index in [-0.39, 0.29) is 20.1 Å². The Morgan fingerprint density at radius 2 is 1.44 bits per heavy atom. The molecule has 0 saturated carbocycles. The SMILES string of the molecule is Cc1cccc(C)c1-n1cnc(-c2[c-]cccc2)c1.Cc1nc2cc(-c3nccn3-c3c(C)cccc3C)[c-]cc2o1.[Ir]. The molecular weight excluding hydrogens is 711 g/mol. The van der Waals surface area contributed by atoms with E-state index in [2.05, 4.69) is 107 Å². The summed E-state index contributed by atoms with van der Waals surface area (Å²) in [5.74, 6) is 1.51. The van der Waals surface area contributed by atoms with Crippen LogP contribution >= 0.6 is 0 Å². The Balaban J connectivity index is 0.000000170. The number of rotatable bonds is 4. The van der Waals surface area contributed by atoms with Crippen LogP contribution in [-0.2, 0) is 20.1 Å². The predicted octanol–water partition coefficient (Wildman–Crippen LogP) is 8.36. The molecule has 1 radical (unpaired) electrons. The van der Waals surface area contributed by atoms with E-state index in [1.165, 1.54) is 27.9 Å². The molecule has 43 heavy (non-hydrogen) atoms. The normalized spacial score (nSPS) is 10.7. The van der Waals surface area contributed by atoms with Gasteiger partial charge in [0.1, 0.15) is 0 Å². The first-order valence-corrected chi connectivity index (χ1v) is 13.9. The summed E-state index contributed by atoms with van der Waals surface area (Å²) >= 11 is 0. The topological polar surface area (TPSA) is 61.7 Å². The maximum absolute atomic E-state index is 5.52. The molecule has 0 spiro atoms. The summed E-state index contributed by atoms with van der Waals surface area (Å²) in [6, 6.07) is 30.8. The van der Waals surface area contributed by atoms with Crippen LogP contribution < -0.4 is 0 Å². The van der Waals surface area contributed by atoms with E-state index in [1.807, 2.05) is 62.0 Å². The number of fused-ring (bicyclic) bond motifs is 1. The fourth-order valence-electron chi connectivity index (χ4n) is 5.34. The van der Waals surface area contributed by atoms with Crippen LogP contribution in [0.3, 0.4) is 0 Å². The van der Waals surface area contributed by atoms with Gasteiger partial charge in [-0.1, -0.05) is 36.4 Å². The van der Waals surface area contributed by atoms with Crippen molar-refractivity contribution in [1.29, 1.82) is 0 Å². The van der Waals surface area contributed by atoms with Crippen LogP contribution in [0.2, 0.25) is 0 Å². The third kappa shape index (κ3) is 6.14. The number of nitrogens with zero attached hydrogens (tertiary/aromatic N) is 5. The van der Waals surface area contributed by atoms with E-state index >= 15 is 0 Å². The van der Waals surface area contributed by atoms with Crippen LogP contribution in [-0.4, -0.2) is 24.1 Å². The molecule has 4 aromatic carbocycles. The summed E-state index contributed by atoms with van der Waals surface area (Å²) in [5.41, 5.74) is 11.7. The van der Waals surface area contributed by atoms with Crippen molar-refractivity contribution in [2.24, 2.45) is 0 Å². The average Bonchev–Trinajstić information content (AvgIpc) is 3.73. The van der Waals surface area contributed by atoms with Crippen LogP contribution in [0.15, 0.2) is 102 Å². The summed E-state index contributed by atoms with van der Waals surface area (Å²) in [7, 11) is 0. The first-order valence-electron chi connectivity index (χ1n) is 13.9. The molecule has 217 valence electrons. The van der Waals surface area contributed by atoms with Crippen molar-refractivity contribution in [3.05, 3.63) is 138 Å². The second-order valence-corrected chi connectivity index (χ2v) is 10.4. The van der Waals surface area contributed by atoms with Gasteiger partial charge in [0, 0.05) is 56.3 Å². The second-order valence-electron chi connectivity index (χ2n) is 10.4. The van der Waals surface area contributed by atoms with Crippen LogP contribution in [0, 0.1) is 46.8 Å². The minimum Gasteiger partial charge on any atom is -0.488 e. The fourth-order valence-corrected chi connectivity index (χ4v) is 5.34. The van der Waals surface area contributed by atoms with E-state index in [4.69, 9.17) is 4.42 Å². The van der Waals surface area contributed by atoms with Crippen LogP contribution in [0.25, 0.3) is 45.1 Å². The van der Waals surface area contributed by atoms with Crippen LogP contribution in [0.4, 0.5) is 0 Å². The fraction of sp³-hybridized carbons (Fsp3) is 0.139. The van der Waals surface area contributed by atoms with Gasteiger partial charge in [-0.3, -0.25) is 9.97 Å². The molecule has 0 bridgehead atoms. The minimum absolute atomic E-state index is 0. The maximum Gasteiger partial charge on any atom is 0.180 e. The standard InChI is InChI=1S/C19H16N3O.C17H15N2.Ir/c1-12-5-4-6-13(2)18(12)22-10-9-20-19(22)15-7-8-17-16(11-15)21-14(3)23-17;1-13-7-6-8-14(2)17(13)19-11-16(18-12-19)15-9-4-3-5-10-15;/h4-6,8-11H,1-3H3;3-9,11-12H,1-2H3;/q2*-1;. The van der Waals surface area contributed by atoms with Crippen molar-refractivity contribution in [3.63, 3.8) is 0 Å². The van der Waals surface area contributed by atoms with E-state index in [9.17, 15) is 0 Å². The van der Waals surface area contributed by atoms with Gasteiger partial charge >= 0.3 is 0 Å². The van der Waals surface area contributed by atoms with Crippen molar-refractivity contribution >= 4 is 11.1 Å². The Bertz CT molecular complexity index is 1960. The summed E-state index contributed by atoms with van der Waals surface area (Å²) < 4.78 is 9.71. The molecule has 0 N–H and O–H groups in total. The minimum atomic E-state index is 0. The number of aromatic nitrogens is 5. The zero-order valence-electron chi connectivity index (χ0n) is 24.7. The number of imidazole rings is 2. The summed E-state index contributed by atoms with van der Waals surface area (Å²) in [4.78, 5) is 13.4. The Morgan fingerprint density at radius 1 is 0.744 bits per heavy atom. The monoisotopic (exact) mass is 742 g/mol. The van der Waals surface area contributed by atoms with Crippen molar-refractivity contribution < 1.29 is 24.5 Å². The molecule has 7 rings (SSSR count). The summed E-state index contributed by atoms with van der Waals surface area (Å²) in [6.45, 7) is 10.3. The largest absolute Gasteiger partial charge is 0.488 e. The summed E-state index contributed by atoms with van der Waals surface area (Å²) in [6.07, 6.45) is 7.72. The number of aryl methyl sites for hydroxylation is 5. The molecule has 0 aliphatic rings. The van der Waals surface area contributed by atoms with Gasteiger partial charge in [-0.25, -0.2) is 4.98 Å². The average molecular weight is 742 g/mol. The molecule has 0 saturated heterocycles. The van der Waals surface area contributed by atoms with E-state index in [0.29, 0.717) is 5.89 Å². The van der Waals surface area contributed by atoms with Crippen LogP contribution in [0.1, 0.15) is 28.1 Å². The van der Waals surface area contributed by atoms with Crippen molar-refractivity contribution in [3.8, 4) is 34.0 Å². The first kappa shape index (κ1) is 29.9. The summed E-state index contributed by atoms with van der Waals surface area (Å²) in [5, 5.41) is 0. The molecule has 0 unspecified atom stereocenters.